The molecule has 0 radical (unpaired) electrons. The number of hydrogen-bond acceptors (Lipinski definition) is 5. The number of furan rings is 1. The van der Waals surface area contributed by atoms with Crippen LogP contribution in [-0.4, -0.2) is 28.3 Å². The summed E-state index contributed by atoms with van der Waals surface area (Å²) in [6, 6.07) is 3.03. The number of hydrogen-bond donors (Lipinski definition) is 1. The van der Waals surface area contributed by atoms with E-state index in [4.69, 9.17) is 9.15 Å². The van der Waals surface area contributed by atoms with Gasteiger partial charge in [-0.3, -0.25) is 9.48 Å². The van der Waals surface area contributed by atoms with Crippen LogP contribution in [0.4, 0.5) is 5.69 Å². The van der Waals surface area contributed by atoms with Gasteiger partial charge in [0.1, 0.15) is 0 Å². The van der Waals surface area contributed by atoms with Crippen LogP contribution in [0.25, 0.3) is 0 Å². The van der Waals surface area contributed by atoms with Gasteiger partial charge in [-0.05, 0) is 41.9 Å². The zero-order chi connectivity index (χ0) is 15.6. The van der Waals surface area contributed by atoms with Crippen molar-refractivity contribution >= 4 is 33.5 Å². The number of nitrogens with zero attached hydrogens (tertiary/aromatic N) is 2. The third-order valence-corrected chi connectivity index (χ3v) is 3.31. The van der Waals surface area contributed by atoms with Crippen LogP contribution in [0.5, 0.6) is 0 Å². The van der Waals surface area contributed by atoms with Crippen LogP contribution in [0.2, 0.25) is 0 Å². The molecule has 0 bridgehead atoms. The molecular weight excluding hydrogens is 342 g/mol. The van der Waals surface area contributed by atoms with Crippen LogP contribution in [-0.2, 0) is 16.6 Å². The molecule has 2 rings (SSSR count). The number of aromatic nitrogens is 2. The van der Waals surface area contributed by atoms with E-state index in [2.05, 4.69) is 26.3 Å². The summed E-state index contributed by atoms with van der Waals surface area (Å²) >= 11 is 3.08. The van der Waals surface area contributed by atoms with E-state index in [1.165, 1.54) is 6.07 Å². The number of anilines is 1. The Hall–Kier alpha value is -2.09. The lowest BCUT2D eigenvalue weighted by atomic mass is 10.3. The van der Waals surface area contributed by atoms with Gasteiger partial charge in [-0.2, -0.15) is 5.10 Å². The highest BCUT2D eigenvalue weighted by Gasteiger charge is 2.16. The average molecular weight is 356 g/mol. The van der Waals surface area contributed by atoms with Gasteiger partial charge in [-0.25, -0.2) is 4.79 Å². The van der Waals surface area contributed by atoms with Crippen LogP contribution in [0.15, 0.2) is 21.2 Å². The summed E-state index contributed by atoms with van der Waals surface area (Å²) in [7, 11) is 1.78. The molecule has 0 saturated carbocycles. The van der Waals surface area contributed by atoms with Crippen LogP contribution < -0.4 is 5.32 Å². The molecule has 112 valence electrons. The number of aryl methyl sites for hydroxylation is 2. The number of amides is 1. The Morgan fingerprint density at radius 3 is 2.67 bits per heavy atom. The lowest BCUT2D eigenvalue weighted by Gasteiger charge is -2.06. The van der Waals surface area contributed by atoms with Crippen molar-refractivity contribution in [3.8, 4) is 0 Å². The van der Waals surface area contributed by atoms with Gasteiger partial charge in [0.25, 0.3) is 5.91 Å². The van der Waals surface area contributed by atoms with Crippen molar-refractivity contribution in [3.63, 3.8) is 0 Å². The average Bonchev–Trinajstić information content (AvgIpc) is 2.96. The minimum Gasteiger partial charge on any atom is -0.450 e. The summed E-state index contributed by atoms with van der Waals surface area (Å²) in [6.07, 6.45) is 0. The van der Waals surface area contributed by atoms with Crippen molar-refractivity contribution in [2.45, 2.75) is 13.8 Å². The maximum atomic E-state index is 11.8. The maximum Gasteiger partial charge on any atom is 0.374 e. The van der Waals surface area contributed by atoms with Crippen LogP contribution >= 0.6 is 15.9 Å². The highest BCUT2D eigenvalue weighted by molar-refractivity contribution is 9.10. The Bertz CT molecular complexity index is 690. The second kappa shape index (κ2) is 6.13. The smallest absolute Gasteiger partial charge is 0.374 e. The molecule has 0 aliphatic carbocycles. The fourth-order valence-electron chi connectivity index (χ4n) is 1.76. The first-order valence-corrected chi connectivity index (χ1v) is 6.90. The van der Waals surface area contributed by atoms with Gasteiger partial charge < -0.3 is 14.5 Å². The van der Waals surface area contributed by atoms with Gasteiger partial charge >= 0.3 is 5.97 Å². The van der Waals surface area contributed by atoms with E-state index >= 15 is 0 Å². The van der Waals surface area contributed by atoms with Gasteiger partial charge in [0, 0.05) is 7.05 Å². The lowest BCUT2D eigenvalue weighted by Crippen LogP contribution is -2.21. The molecule has 0 atom stereocenters. The topological polar surface area (TPSA) is 86.4 Å². The van der Waals surface area contributed by atoms with Crippen molar-refractivity contribution in [1.82, 2.24) is 9.78 Å². The summed E-state index contributed by atoms with van der Waals surface area (Å²) in [5.74, 6) is -1.10. The van der Waals surface area contributed by atoms with Gasteiger partial charge in [-0.1, -0.05) is 0 Å². The number of carbonyl (C=O) groups is 2. The fraction of sp³-hybridized carbons (Fsp3) is 0.308. The number of halogens is 1. The summed E-state index contributed by atoms with van der Waals surface area (Å²) in [5, 5.41) is 6.86. The molecule has 0 aliphatic rings. The second-order valence-electron chi connectivity index (χ2n) is 4.40. The first kappa shape index (κ1) is 15.3. The van der Waals surface area contributed by atoms with Crippen LogP contribution in [0, 0.1) is 13.8 Å². The second-order valence-corrected chi connectivity index (χ2v) is 5.18. The highest BCUT2D eigenvalue weighted by atomic mass is 79.9. The molecule has 0 aliphatic heterocycles. The minimum atomic E-state index is -0.699. The van der Waals surface area contributed by atoms with Crippen LogP contribution in [0.1, 0.15) is 21.9 Å². The molecular formula is C13H14BrN3O4. The molecule has 0 fully saturated rings. The zero-order valence-corrected chi connectivity index (χ0v) is 13.4. The van der Waals surface area contributed by atoms with Crippen molar-refractivity contribution in [1.29, 1.82) is 0 Å². The van der Waals surface area contributed by atoms with E-state index in [9.17, 15) is 9.59 Å². The van der Waals surface area contributed by atoms with E-state index in [-0.39, 0.29) is 5.76 Å². The Labute approximate surface area is 129 Å². The largest absolute Gasteiger partial charge is 0.450 e. The molecule has 0 unspecified atom stereocenters. The van der Waals surface area contributed by atoms with E-state index in [0.717, 1.165) is 5.69 Å². The normalized spacial score (nSPS) is 10.5. The van der Waals surface area contributed by atoms with E-state index in [1.807, 2.05) is 6.92 Å². The quantitative estimate of drug-likeness (QED) is 0.849. The molecule has 1 amide bonds. The molecule has 0 saturated heterocycles. The SMILES string of the molecule is Cc1nn(C)c(C)c1NC(=O)COC(=O)c1ccc(Br)o1. The minimum absolute atomic E-state index is 0.0309. The Kier molecular flexibility index (Phi) is 4.46. The number of rotatable bonds is 4. The molecule has 2 heterocycles. The standard InChI is InChI=1S/C13H14BrN3O4/c1-7-12(8(2)17(3)16-7)15-11(18)6-20-13(19)9-4-5-10(14)21-9/h4-5H,6H2,1-3H3,(H,15,18). The molecule has 7 nitrogen and oxygen atoms in total. The molecule has 1 N–H and O–H groups in total. The molecule has 2 aromatic heterocycles. The van der Waals surface area contributed by atoms with Gasteiger partial charge in [0.2, 0.25) is 5.76 Å². The third kappa shape index (κ3) is 3.52. The molecule has 0 aromatic carbocycles. The number of esters is 1. The van der Waals surface area contributed by atoms with Crippen molar-refractivity contribution in [2.75, 3.05) is 11.9 Å². The summed E-state index contributed by atoms with van der Waals surface area (Å²) in [5.41, 5.74) is 2.14. The van der Waals surface area contributed by atoms with Crippen LogP contribution in [0.3, 0.4) is 0 Å². The summed E-state index contributed by atoms with van der Waals surface area (Å²) < 4.78 is 12.0. The van der Waals surface area contributed by atoms with Gasteiger partial charge in [-0.15, -0.1) is 0 Å². The molecule has 2 aromatic rings. The monoisotopic (exact) mass is 355 g/mol. The van der Waals surface area contributed by atoms with Crippen molar-refractivity contribution in [2.24, 2.45) is 7.05 Å². The maximum absolute atomic E-state index is 11.8. The molecule has 8 heteroatoms. The Morgan fingerprint density at radius 1 is 1.43 bits per heavy atom. The van der Waals surface area contributed by atoms with E-state index in [0.29, 0.717) is 16.1 Å². The number of nitrogens with one attached hydrogen (secondary N) is 1. The van der Waals surface area contributed by atoms with E-state index < -0.39 is 18.5 Å². The predicted molar refractivity (Wildman–Crippen MR) is 78.0 cm³/mol. The zero-order valence-electron chi connectivity index (χ0n) is 11.8. The summed E-state index contributed by atoms with van der Waals surface area (Å²) in [4.78, 5) is 23.4. The number of ether oxygens (including phenoxy) is 1. The number of carbonyl (C=O) groups excluding carboxylic acids is 2. The molecule has 21 heavy (non-hydrogen) atoms. The fourth-order valence-corrected chi connectivity index (χ4v) is 2.06. The summed E-state index contributed by atoms with van der Waals surface area (Å²) in [6.45, 7) is 3.22. The van der Waals surface area contributed by atoms with Gasteiger partial charge in [0.15, 0.2) is 11.3 Å². The highest BCUT2D eigenvalue weighted by Crippen LogP contribution is 2.18. The first-order chi connectivity index (χ1) is 9.88. The van der Waals surface area contributed by atoms with Crippen molar-refractivity contribution in [3.05, 3.63) is 34.0 Å². The van der Waals surface area contributed by atoms with Gasteiger partial charge in [0.05, 0.1) is 17.1 Å². The lowest BCUT2D eigenvalue weighted by molar-refractivity contribution is -0.119. The van der Waals surface area contributed by atoms with Crippen molar-refractivity contribution < 1.29 is 18.7 Å². The predicted octanol–water partition coefficient (Wildman–Crippen LogP) is 2.19. The first-order valence-electron chi connectivity index (χ1n) is 6.11. The third-order valence-electron chi connectivity index (χ3n) is 2.88. The Balaban J connectivity index is 1.92. The molecule has 0 spiro atoms. The Morgan fingerprint density at radius 2 is 2.14 bits per heavy atom. The van der Waals surface area contributed by atoms with E-state index in [1.54, 1.807) is 24.7 Å².